The predicted octanol–water partition coefficient (Wildman–Crippen LogP) is 4.35. The average Bonchev–Trinajstić information content (AvgIpc) is 3.24. The van der Waals surface area contributed by atoms with Crippen LogP contribution < -0.4 is 0 Å². The Hall–Kier alpha value is -1.64. The lowest BCUT2D eigenvalue weighted by molar-refractivity contribution is 0.540. The van der Waals surface area contributed by atoms with E-state index in [9.17, 15) is 0 Å². The van der Waals surface area contributed by atoms with Crippen LogP contribution in [0.1, 0.15) is 32.5 Å². The Morgan fingerprint density at radius 1 is 1.12 bits per heavy atom. The van der Waals surface area contributed by atoms with Crippen LogP contribution in [0.15, 0.2) is 23.4 Å². The lowest BCUT2D eigenvalue weighted by atomic mass is 10.2. The summed E-state index contributed by atoms with van der Waals surface area (Å²) in [5.74, 6) is 2.19. The number of rotatable bonds is 8. The van der Waals surface area contributed by atoms with Gasteiger partial charge < -0.3 is 4.57 Å². The smallest absolute Gasteiger partial charge is 0.191 e. The number of aryl methyl sites for hydroxylation is 1. The fourth-order valence-corrected chi connectivity index (χ4v) is 3.92. The van der Waals surface area contributed by atoms with Gasteiger partial charge in [-0.25, -0.2) is 4.68 Å². The van der Waals surface area contributed by atoms with Crippen molar-refractivity contribution in [1.82, 2.24) is 35.0 Å². The first-order valence-electron chi connectivity index (χ1n) is 8.40. The zero-order chi connectivity index (χ0) is 18.5. The number of hydrogen-bond donors (Lipinski definition) is 0. The number of hydrogen-bond acceptors (Lipinski definition) is 6. The highest BCUT2D eigenvalue weighted by atomic mass is 35.5. The van der Waals surface area contributed by atoms with E-state index < -0.39 is 0 Å². The van der Waals surface area contributed by atoms with Crippen LogP contribution >= 0.6 is 35.0 Å². The quantitative estimate of drug-likeness (QED) is 0.512. The van der Waals surface area contributed by atoms with Gasteiger partial charge in [-0.3, -0.25) is 0 Å². The van der Waals surface area contributed by atoms with Gasteiger partial charge in [0.15, 0.2) is 16.8 Å². The highest BCUT2D eigenvalue weighted by molar-refractivity contribution is 7.98. The van der Waals surface area contributed by atoms with E-state index >= 15 is 0 Å². The molecule has 0 saturated heterocycles. The molecule has 0 aliphatic rings. The molecular formula is C16H19Cl2N7S. The van der Waals surface area contributed by atoms with Gasteiger partial charge >= 0.3 is 0 Å². The van der Waals surface area contributed by atoms with Crippen molar-refractivity contribution in [3.8, 4) is 11.4 Å². The molecule has 7 nitrogen and oxygen atoms in total. The Morgan fingerprint density at radius 3 is 2.69 bits per heavy atom. The molecule has 0 N–H and O–H groups in total. The summed E-state index contributed by atoms with van der Waals surface area (Å²) in [6.07, 6.45) is 2.15. The van der Waals surface area contributed by atoms with Crippen LogP contribution in [0.3, 0.4) is 0 Å². The molecule has 2 heterocycles. The number of tetrazole rings is 1. The van der Waals surface area contributed by atoms with Gasteiger partial charge in [-0.05, 0) is 42.0 Å². The third-order valence-electron chi connectivity index (χ3n) is 3.87. The lowest BCUT2D eigenvalue weighted by Gasteiger charge is -2.09. The average molecular weight is 412 g/mol. The Balaban J connectivity index is 1.80. The molecule has 3 rings (SSSR count). The second kappa shape index (κ2) is 8.83. The summed E-state index contributed by atoms with van der Waals surface area (Å²) in [4.78, 5) is 0. The summed E-state index contributed by atoms with van der Waals surface area (Å²) in [6, 6.07) is 5.37. The van der Waals surface area contributed by atoms with Gasteiger partial charge in [-0.1, -0.05) is 48.3 Å². The topological polar surface area (TPSA) is 74.3 Å². The first-order valence-corrected chi connectivity index (χ1v) is 10.1. The standard InChI is InChI=1S/C16H19Cl2N7S/c1-3-5-8-25-14(19-22-23-25)10-26-16-21-20-15(24(16)4-2)12-7-6-11(17)9-13(12)18/h6-7,9H,3-5,8,10H2,1-2H3. The SMILES string of the molecule is CCCCn1nnnc1CSc1nnc(-c2ccc(Cl)cc2Cl)n1CC. The van der Waals surface area contributed by atoms with E-state index in [-0.39, 0.29) is 0 Å². The van der Waals surface area contributed by atoms with Gasteiger partial charge in [0, 0.05) is 23.7 Å². The van der Waals surface area contributed by atoms with Crippen LogP contribution in [-0.4, -0.2) is 35.0 Å². The monoisotopic (exact) mass is 411 g/mol. The van der Waals surface area contributed by atoms with Gasteiger partial charge in [0.2, 0.25) is 0 Å². The third kappa shape index (κ3) is 4.19. The van der Waals surface area contributed by atoms with Gasteiger partial charge in [0.1, 0.15) is 0 Å². The van der Waals surface area contributed by atoms with Crippen molar-refractivity contribution in [2.75, 3.05) is 0 Å². The zero-order valence-corrected chi connectivity index (χ0v) is 16.9. The Bertz CT molecular complexity index is 877. The van der Waals surface area contributed by atoms with Gasteiger partial charge in [0.05, 0.1) is 10.8 Å². The molecule has 138 valence electrons. The van der Waals surface area contributed by atoms with Crippen molar-refractivity contribution in [2.45, 2.75) is 50.7 Å². The van der Waals surface area contributed by atoms with Gasteiger partial charge in [0.25, 0.3) is 0 Å². The second-order valence-electron chi connectivity index (χ2n) is 5.64. The van der Waals surface area contributed by atoms with E-state index in [0.29, 0.717) is 15.8 Å². The molecule has 10 heteroatoms. The van der Waals surface area contributed by atoms with E-state index in [1.54, 1.807) is 23.9 Å². The fourth-order valence-electron chi connectivity index (χ4n) is 2.49. The van der Waals surface area contributed by atoms with Crippen molar-refractivity contribution in [2.24, 2.45) is 0 Å². The Morgan fingerprint density at radius 2 is 1.96 bits per heavy atom. The molecule has 0 saturated carbocycles. The van der Waals surface area contributed by atoms with Crippen molar-refractivity contribution >= 4 is 35.0 Å². The van der Waals surface area contributed by atoms with Crippen molar-refractivity contribution in [3.63, 3.8) is 0 Å². The molecular weight excluding hydrogens is 393 g/mol. The molecule has 0 atom stereocenters. The molecule has 0 radical (unpaired) electrons. The molecule has 0 unspecified atom stereocenters. The highest BCUT2D eigenvalue weighted by Crippen LogP contribution is 2.31. The first kappa shape index (κ1) is 19.1. The number of nitrogens with zero attached hydrogens (tertiary/aromatic N) is 7. The van der Waals surface area contributed by atoms with Crippen LogP contribution in [0.4, 0.5) is 0 Å². The van der Waals surface area contributed by atoms with Crippen molar-refractivity contribution in [3.05, 3.63) is 34.1 Å². The van der Waals surface area contributed by atoms with E-state index in [1.807, 2.05) is 22.2 Å². The molecule has 2 aromatic heterocycles. The Labute approximate surface area is 166 Å². The second-order valence-corrected chi connectivity index (χ2v) is 7.42. The van der Waals surface area contributed by atoms with Crippen LogP contribution in [0.25, 0.3) is 11.4 Å². The maximum absolute atomic E-state index is 6.33. The van der Waals surface area contributed by atoms with Crippen LogP contribution in [-0.2, 0) is 18.8 Å². The fraction of sp³-hybridized carbons (Fsp3) is 0.438. The van der Waals surface area contributed by atoms with E-state index in [2.05, 4.69) is 32.6 Å². The van der Waals surface area contributed by atoms with E-state index in [4.69, 9.17) is 23.2 Å². The lowest BCUT2D eigenvalue weighted by Crippen LogP contribution is -2.06. The number of unbranched alkanes of at least 4 members (excludes halogenated alkanes) is 1. The molecule has 0 aliphatic carbocycles. The molecule has 1 aromatic carbocycles. The van der Waals surface area contributed by atoms with Gasteiger partial charge in [-0.15, -0.1) is 15.3 Å². The number of aromatic nitrogens is 7. The highest BCUT2D eigenvalue weighted by Gasteiger charge is 2.17. The summed E-state index contributed by atoms with van der Waals surface area (Å²) >= 11 is 13.9. The minimum Gasteiger partial charge on any atom is -0.302 e. The number of halogens is 2. The minimum atomic E-state index is 0.555. The number of benzene rings is 1. The maximum atomic E-state index is 6.33. The predicted molar refractivity (Wildman–Crippen MR) is 103 cm³/mol. The van der Waals surface area contributed by atoms with Crippen molar-refractivity contribution in [1.29, 1.82) is 0 Å². The molecule has 0 aliphatic heterocycles. The van der Waals surface area contributed by atoms with Crippen molar-refractivity contribution < 1.29 is 0 Å². The number of thioether (sulfide) groups is 1. The first-order chi connectivity index (χ1) is 12.6. The third-order valence-corrected chi connectivity index (χ3v) is 5.38. The summed E-state index contributed by atoms with van der Waals surface area (Å²) < 4.78 is 3.88. The largest absolute Gasteiger partial charge is 0.302 e. The maximum Gasteiger partial charge on any atom is 0.191 e. The molecule has 26 heavy (non-hydrogen) atoms. The summed E-state index contributed by atoms with van der Waals surface area (Å²) in [5.41, 5.74) is 0.810. The molecule has 0 fully saturated rings. The summed E-state index contributed by atoms with van der Waals surface area (Å²) in [5, 5.41) is 22.5. The van der Waals surface area contributed by atoms with Crippen LogP contribution in [0.5, 0.6) is 0 Å². The van der Waals surface area contributed by atoms with Gasteiger partial charge in [-0.2, -0.15) is 0 Å². The van der Waals surface area contributed by atoms with Crippen LogP contribution in [0, 0.1) is 0 Å². The molecule has 3 aromatic rings. The normalized spacial score (nSPS) is 11.2. The van der Waals surface area contributed by atoms with Crippen LogP contribution in [0.2, 0.25) is 10.0 Å². The molecule has 0 amide bonds. The molecule has 0 spiro atoms. The van der Waals surface area contributed by atoms with E-state index in [1.165, 1.54) is 0 Å². The summed E-state index contributed by atoms with van der Waals surface area (Å²) in [6.45, 7) is 5.74. The zero-order valence-electron chi connectivity index (χ0n) is 14.6. The van der Waals surface area contributed by atoms with E-state index in [0.717, 1.165) is 48.3 Å². The summed E-state index contributed by atoms with van der Waals surface area (Å²) in [7, 11) is 0. The molecule has 0 bridgehead atoms. The minimum absolute atomic E-state index is 0.555. The Kier molecular flexibility index (Phi) is 6.50.